The predicted molar refractivity (Wildman–Crippen MR) is 76.2 cm³/mol. The second-order valence-electron chi connectivity index (χ2n) is 4.47. The standard InChI is InChI=1S/C16H19NO4/c1-4-20-14(18)16(12(3)11-17,15(19)21-5-2)13-9-7-6-8-10-13/h6-10,12H,4-5H2,1-3H3/t12-/m1/s1. The summed E-state index contributed by atoms with van der Waals surface area (Å²) >= 11 is 0. The lowest BCUT2D eigenvalue weighted by Crippen LogP contribution is -2.50. The zero-order valence-electron chi connectivity index (χ0n) is 12.5. The van der Waals surface area contributed by atoms with Crippen LogP contribution in [-0.2, 0) is 24.5 Å². The van der Waals surface area contributed by atoms with Crippen molar-refractivity contribution in [2.75, 3.05) is 13.2 Å². The average Bonchev–Trinajstić information content (AvgIpc) is 2.49. The number of esters is 2. The maximum absolute atomic E-state index is 12.5. The molecule has 0 aliphatic carbocycles. The van der Waals surface area contributed by atoms with Gasteiger partial charge in [-0.25, -0.2) is 0 Å². The van der Waals surface area contributed by atoms with Crippen molar-refractivity contribution in [3.05, 3.63) is 35.9 Å². The Labute approximate surface area is 124 Å². The van der Waals surface area contributed by atoms with Crippen LogP contribution >= 0.6 is 0 Å². The molecule has 5 nitrogen and oxygen atoms in total. The summed E-state index contributed by atoms with van der Waals surface area (Å²) in [7, 11) is 0. The molecule has 0 fully saturated rings. The number of nitrogens with zero attached hydrogens (tertiary/aromatic N) is 1. The quantitative estimate of drug-likeness (QED) is 0.592. The molecular weight excluding hydrogens is 270 g/mol. The molecule has 112 valence electrons. The van der Waals surface area contributed by atoms with E-state index in [0.717, 1.165) is 0 Å². The van der Waals surface area contributed by atoms with Gasteiger partial charge in [-0.2, -0.15) is 5.26 Å². The van der Waals surface area contributed by atoms with Crippen molar-refractivity contribution in [3.63, 3.8) is 0 Å². The lowest BCUT2D eigenvalue weighted by Gasteiger charge is -2.31. The third-order valence-electron chi connectivity index (χ3n) is 3.27. The summed E-state index contributed by atoms with van der Waals surface area (Å²) in [5, 5.41) is 9.30. The van der Waals surface area contributed by atoms with Crippen LogP contribution in [0.5, 0.6) is 0 Å². The van der Waals surface area contributed by atoms with E-state index in [4.69, 9.17) is 9.47 Å². The Hall–Kier alpha value is -2.35. The number of rotatable bonds is 6. The van der Waals surface area contributed by atoms with Crippen LogP contribution in [0.3, 0.4) is 0 Å². The van der Waals surface area contributed by atoms with Crippen LogP contribution in [0.1, 0.15) is 26.3 Å². The zero-order valence-corrected chi connectivity index (χ0v) is 12.5. The number of hydrogen-bond acceptors (Lipinski definition) is 5. The first kappa shape index (κ1) is 16.7. The van der Waals surface area contributed by atoms with Gasteiger partial charge in [0.2, 0.25) is 5.41 Å². The van der Waals surface area contributed by atoms with E-state index in [0.29, 0.717) is 5.56 Å². The number of hydrogen-bond donors (Lipinski definition) is 0. The normalized spacial score (nSPS) is 12.1. The van der Waals surface area contributed by atoms with E-state index in [2.05, 4.69) is 0 Å². The smallest absolute Gasteiger partial charge is 0.329 e. The monoisotopic (exact) mass is 289 g/mol. The van der Waals surface area contributed by atoms with Crippen molar-refractivity contribution >= 4 is 11.9 Å². The van der Waals surface area contributed by atoms with Crippen LogP contribution in [0.15, 0.2) is 30.3 Å². The van der Waals surface area contributed by atoms with Crippen LogP contribution in [0, 0.1) is 17.2 Å². The fourth-order valence-corrected chi connectivity index (χ4v) is 2.21. The van der Waals surface area contributed by atoms with Crippen molar-refractivity contribution < 1.29 is 19.1 Å². The second-order valence-corrected chi connectivity index (χ2v) is 4.47. The predicted octanol–water partition coefficient (Wildman–Crippen LogP) is 2.21. The van der Waals surface area contributed by atoms with Crippen LogP contribution in [0.4, 0.5) is 0 Å². The largest absolute Gasteiger partial charge is 0.465 e. The van der Waals surface area contributed by atoms with E-state index >= 15 is 0 Å². The molecule has 1 aromatic rings. The van der Waals surface area contributed by atoms with Crippen molar-refractivity contribution in [1.29, 1.82) is 5.26 Å². The summed E-state index contributed by atoms with van der Waals surface area (Å²) in [6, 6.07) is 10.4. The van der Waals surface area contributed by atoms with E-state index < -0.39 is 23.3 Å². The summed E-state index contributed by atoms with van der Waals surface area (Å²) in [6.07, 6.45) is 0. The maximum Gasteiger partial charge on any atom is 0.329 e. The number of benzene rings is 1. The Morgan fingerprint density at radius 3 is 2.00 bits per heavy atom. The molecule has 0 radical (unpaired) electrons. The third kappa shape index (κ3) is 3.05. The SMILES string of the molecule is CCOC(=O)C(C(=O)OCC)(c1ccccc1)[C@H](C)C#N. The summed E-state index contributed by atoms with van der Waals surface area (Å²) < 4.78 is 10.1. The molecule has 0 spiro atoms. The van der Waals surface area contributed by atoms with Crippen molar-refractivity contribution in [2.45, 2.75) is 26.2 Å². The number of carbonyl (C=O) groups is 2. The highest BCUT2D eigenvalue weighted by Gasteiger charge is 2.55. The van der Waals surface area contributed by atoms with Gasteiger partial charge >= 0.3 is 11.9 Å². The van der Waals surface area contributed by atoms with Crippen molar-refractivity contribution in [2.24, 2.45) is 5.92 Å². The van der Waals surface area contributed by atoms with Crippen LogP contribution in [-0.4, -0.2) is 25.2 Å². The first-order valence-electron chi connectivity index (χ1n) is 6.85. The van der Waals surface area contributed by atoms with Crippen molar-refractivity contribution in [1.82, 2.24) is 0 Å². The Bertz CT molecular complexity index is 515. The Balaban J connectivity index is 3.53. The third-order valence-corrected chi connectivity index (χ3v) is 3.27. The summed E-state index contributed by atoms with van der Waals surface area (Å²) in [5.41, 5.74) is -1.36. The highest BCUT2D eigenvalue weighted by atomic mass is 16.6. The highest BCUT2D eigenvalue weighted by Crippen LogP contribution is 2.35. The highest BCUT2D eigenvalue weighted by molar-refractivity contribution is 6.07. The molecule has 1 rings (SSSR count). The average molecular weight is 289 g/mol. The van der Waals surface area contributed by atoms with Crippen LogP contribution < -0.4 is 0 Å². The summed E-state index contributed by atoms with van der Waals surface area (Å²) in [6.45, 7) is 5.04. The van der Waals surface area contributed by atoms with Gasteiger partial charge in [-0.1, -0.05) is 30.3 Å². The molecule has 0 heterocycles. The molecular formula is C16H19NO4. The number of carbonyl (C=O) groups excluding carboxylic acids is 2. The first-order chi connectivity index (χ1) is 10.0. The van der Waals surface area contributed by atoms with E-state index in [1.54, 1.807) is 44.2 Å². The summed E-state index contributed by atoms with van der Waals surface area (Å²) in [5.74, 6) is -2.44. The molecule has 0 saturated carbocycles. The summed E-state index contributed by atoms with van der Waals surface area (Å²) in [4.78, 5) is 25.0. The van der Waals surface area contributed by atoms with Crippen LogP contribution in [0.25, 0.3) is 0 Å². The molecule has 0 unspecified atom stereocenters. The zero-order chi connectivity index (χ0) is 15.9. The fourth-order valence-electron chi connectivity index (χ4n) is 2.21. The van der Waals surface area contributed by atoms with Gasteiger partial charge in [0.15, 0.2) is 0 Å². The van der Waals surface area contributed by atoms with Gasteiger partial charge in [-0.3, -0.25) is 9.59 Å². The number of ether oxygens (including phenoxy) is 2. The number of nitriles is 1. The van der Waals surface area contributed by atoms with Gasteiger partial charge in [0.1, 0.15) is 0 Å². The van der Waals surface area contributed by atoms with Crippen molar-refractivity contribution in [3.8, 4) is 6.07 Å². The lowest BCUT2D eigenvalue weighted by atomic mass is 9.71. The molecule has 0 amide bonds. The van der Waals surface area contributed by atoms with E-state index in [-0.39, 0.29) is 13.2 Å². The molecule has 0 bridgehead atoms. The first-order valence-corrected chi connectivity index (χ1v) is 6.85. The van der Waals surface area contributed by atoms with Gasteiger partial charge in [0.25, 0.3) is 0 Å². The Kier molecular flexibility index (Phi) is 5.92. The minimum absolute atomic E-state index is 0.116. The van der Waals surface area contributed by atoms with Gasteiger partial charge in [0, 0.05) is 0 Å². The molecule has 0 saturated heterocycles. The van der Waals surface area contributed by atoms with Crippen LogP contribution in [0.2, 0.25) is 0 Å². The minimum Gasteiger partial charge on any atom is -0.465 e. The van der Waals surface area contributed by atoms with Gasteiger partial charge in [-0.05, 0) is 26.3 Å². The fraction of sp³-hybridized carbons (Fsp3) is 0.438. The molecule has 0 aliphatic heterocycles. The molecule has 21 heavy (non-hydrogen) atoms. The van der Waals surface area contributed by atoms with E-state index in [1.807, 2.05) is 6.07 Å². The van der Waals surface area contributed by atoms with Gasteiger partial charge in [-0.15, -0.1) is 0 Å². The Morgan fingerprint density at radius 1 is 1.14 bits per heavy atom. The minimum atomic E-state index is -1.76. The maximum atomic E-state index is 12.5. The molecule has 0 aliphatic rings. The lowest BCUT2D eigenvalue weighted by molar-refractivity contribution is -0.166. The topological polar surface area (TPSA) is 76.4 Å². The molecule has 5 heteroatoms. The van der Waals surface area contributed by atoms with Gasteiger partial charge < -0.3 is 9.47 Å². The second kappa shape index (κ2) is 7.44. The van der Waals surface area contributed by atoms with Gasteiger partial charge in [0.05, 0.1) is 25.2 Å². The molecule has 0 aromatic heterocycles. The Morgan fingerprint density at radius 2 is 1.62 bits per heavy atom. The molecule has 1 aromatic carbocycles. The molecule has 1 atom stereocenters. The van der Waals surface area contributed by atoms with E-state index in [9.17, 15) is 14.9 Å². The van der Waals surface area contributed by atoms with E-state index in [1.165, 1.54) is 6.92 Å². The molecule has 0 N–H and O–H groups in total.